The number of aryl methyl sites for hydroxylation is 1. The molecule has 1 aliphatic carbocycles. The highest BCUT2D eigenvalue weighted by molar-refractivity contribution is 6.28. The average Bonchev–Trinajstić information content (AvgIpc) is 2.43. The Bertz CT molecular complexity index is 777. The zero-order valence-electron chi connectivity index (χ0n) is 12.8. The van der Waals surface area contributed by atoms with Gasteiger partial charge in [-0.2, -0.15) is 0 Å². The summed E-state index contributed by atoms with van der Waals surface area (Å²) >= 11 is 0. The summed E-state index contributed by atoms with van der Waals surface area (Å²) in [6.07, 6.45) is 0. The standard InChI is InChI=1S/C19H18O2/c1-11-5-7-13-15(9-11)17(20)14-8-6-12(19(2,3)4)10-16(14)18(13)21/h5-10H,1-4H3. The molecule has 0 N–H and O–H groups in total. The number of benzene rings is 2. The highest BCUT2D eigenvalue weighted by Gasteiger charge is 2.30. The van der Waals surface area contributed by atoms with E-state index in [0.29, 0.717) is 22.3 Å². The minimum absolute atomic E-state index is 0.0497. The van der Waals surface area contributed by atoms with Gasteiger partial charge >= 0.3 is 0 Å². The molecule has 0 amide bonds. The third-order valence-corrected chi connectivity index (χ3v) is 4.04. The van der Waals surface area contributed by atoms with Crippen LogP contribution in [0, 0.1) is 6.92 Å². The Balaban J connectivity index is 2.23. The molecule has 3 rings (SSSR count). The van der Waals surface area contributed by atoms with Crippen molar-refractivity contribution in [2.45, 2.75) is 33.1 Å². The van der Waals surface area contributed by atoms with Crippen LogP contribution in [0.25, 0.3) is 0 Å². The number of ketones is 2. The van der Waals surface area contributed by atoms with Gasteiger partial charge in [0.1, 0.15) is 0 Å². The average molecular weight is 278 g/mol. The van der Waals surface area contributed by atoms with Gasteiger partial charge < -0.3 is 0 Å². The molecule has 0 atom stereocenters. The highest BCUT2D eigenvalue weighted by Crippen LogP contribution is 2.31. The summed E-state index contributed by atoms with van der Waals surface area (Å²) in [5.74, 6) is -0.102. The monoisotopic (exact) mass is 278 g/mol. The van der Waals surface area contributed by atoms with Crippen LogP contribution >= 0.6 is 0 Å². The summed E-state index contributed by atoms with van der Waals surface area (Å²) in [7, 11) is 0. The SMILES string of the molecule is Cc1ccc2c(c1)C(=O)c1ccc(C(C)(C)C)cc1C2=O. The van der Waals surface area contributed by atoms with Crippen molar-refractivity contribution in [2.75, 3.05) is 0 Å². The zero-order valence-corrected chi connectivity index (χ0v) is 12.8. The van der Waals surface area contributed by atoms with Crippen LogP contribution in [-0.2, 0) is 5.41 Å². The van der Waals surface area contributed by atoms with Gasteiger partial charge in [0.15, 0.2) is 11.6 Å². The lowest BCUT2D eigenvalue weighted by Gasteiger charge is -2.23. The van der Waals surface area contributed by atoms with E-state index in [1.54, 1.807) is 18.2 Å². The van der Waals surface area contributed by atoms with Gasteiger partial charge in [-0.3, -0.25) is 9.59 Å². The van der Waals surface area contributed by atoms with Crippen LogP contribution in [0.1, 0.15) is 63.7 Å². The van der Waals surface area contributed by atoms with Crippen LogP contribution in [-0.4, -0.2) is 11.6 Å². The molecular weight excluding hydrogens is 260 g/mol. The van der Waals surface area contributed by atoms with Gasteiger partial charge in [0, 0.05) is 22.3 Å². The lowest BCUT2D eigenvalue weighted by molar-refractivity contribution is 0.0979. The van der Waals surface area contributed by atoms with Crippen molar-refractivity contribution in [3.05, 3.63) is 69.8 Å². The minimum Gasteiger partial charge on any atom is -0.289 e. The van der Waals surface area contributed by atoms with E-state index < -0.39 is 0 Å². The van der Waals surface area contributed by atoms with Crippen molar-refractivity contribution in [3.63, 3.8) is 0 Å². The summed E-state index contributed by atoms with van der Waals surface area (Å²) < 4.78 is 0. The van der Waals surface area contributed by atoms with Crippen LogP contribution in [0.15, 0.2) is 36.4 Å². The zero-order chi connectivity index (χ0) is 15.4. The van der Waals surface area contributed by atoms with Crippen LogP contribution in [0.2, 0.25) is 0 Å². The van der Waals surface area contributed by atoms with Crippen LogP contribution < -0.4 is 0 Å². The lowest BCUT2D eigenvalue weighted by atomic mass is 9.79. The summed E-state index contributed by atoms with van der Waals surface area (Å²) in [6, 6.07) is 11.1. The van der Waals surface area contributed by atoms with Crippen molar-refractivity contribution in [3.8, 4) is 0 Å². The summed E-state index contributed by atoms with van der Waals surface area (Å²) in [4.78, 5) is 25.3. The molecule has 106 valence electrons. The Hall–Kier alpha value is -2.22. The third kappa shape index (κ3) is 2.11. The molecule has 0 bridgehead atoms. The first kappa shape index (κ1) is 13.7. The van der Waals surface area contributed by atoms with E-state index in [4.69, 9.17) is 0 Å². The maximum Gasteiger partial charge on any atom is 0.194 e. The first-order valence-corrected chi connectivity index (χ1v) is 7.13. The first-order valence-electron chi connectivity index (χ1n) is 7.13. The van der Waals surface area contributed by atoms with E-state index in [2.05, 4.69) is 20.8 Å². The van der Waals surface area contributed by atoms with Gasteiger partial charge in [0.25, 0.3) is 0 Å². The van der Waals surface area contributed by atoms with Crippen LogP contribution in [0.4, 0.5) is 0 Å². The maximum atomic E-state index is 12.7. The number of carbonyl (C=O) groups excluding carboxylic acids is 2. The van der Waals surface area contributed by atoms with Crippen molar-refractivity contribution in [1.29, 1.82) is 0 Å². The normalized spacial score (nSPS) is 13.9. The number of fused-ring (bicyclic) bond motifs is 2. The number of hydrogen-bond donors (Lipinski definition) is 0. The van der Waals surface area contributed by atoms with Crippen LogP contribution in [0.5, 0.6) is 0 Å². The van der Waals surface area contributed by atoms with E-state index in [1.165, 1.54) is 0 Å². The fourth-order valence-corrected chi connectivity index (χ4v) is 2.73. The smallest absolute Gasteiger partial charge is 0.194 e. The number of hydrogen-bond acceptors (Lipinski definition) is 2. The molecule has 1 aliphatic rings. The molecule has 0 heterocycles. The Morgan fingerprint density at radius 3 is 1.81 bits per heavy atom. The predicted octanol–water partition coefficient (Wildman–Crippen LogP) is 4.07. The largest absolute Gasteiger partial charge is 0.289 e. The summed E-state index contributed by atoms with van der Waals surface area (Å²) in [6.45, 7) is 8.22. The van der Waals surface area contributed by atoms with E-state index in [-0.39, 0.29) is 17.0 Å². The number of carbonyl (C=O) groups is 2. The van der Waals surface area contributed by atoms with E-state index in [1.807, 2.05) is 25.1 Å². The molecule has 2 aromatic carbocycles. The molecule has 0 saturated heterocycles. The van der Waals surface area contributed by atoms with Crippen molar-refractivity contribution >= 4 is 11.6 Å². The fraction of sp³-hybridized carbons (Fsp3) is 0.263. The molecule has 21 heavy (non-hydrogen) atoms. The molecule has 0 aromatic heterocycles. The first-order chi connectivity index (χ1) is 9.79. The Labute approximate surface area is 124 Å². The number of rotatable bonds is 0. The second-order valence-electron chi connectivity index (χ2n) is 6.72. The maximum absolute atomic E-state index is 12.7. The second kappa shape index (κ2) is 4.39. The van der Waals surface area contributed by atoms with E-state index >= 15 is 0 Å². The molecule has 2 aromatic rings. The van der Waals surface area contributed by atoms with E-state index in [9.17, 15) is 9.59 Å². The van der Waals surface area contributed by atoms with Gasteiger partial charge in [-0.15, -0.1) is 0 Å². The van der Waals surface area contributed by atoms with Gasteiger partial charge in [0.05, 0.1) is 0 Å². The van der Waals surface area contributed by atoms with Crippen molar-refractivity contribution in [2.24, 2.45) is 0 Å². The molecular formula is C19H18O2. The Morgan fingerprint density at radius 2 is 1.24 bits per heavy atom. The van der Waals surface area contributed by atoms with Crippen LogP contribution in [0.3, 0.4) is 0 Å². The Morgan fingerprint density at radius 1 is 0.714 bits per heavy atom. The molecule has 0 unspecified atom stereocenters. The summed E-state index contributed by atoms with van der Waals surface area (Å²) in [5.41, 5.74) is 4.10. The molecule has 0 fully saturated rings. The second-order valence-corrected chi connectivity index (χ2v) is 6.72. The van der Waals surface area contributed by atoms with E-state index in [0.717, 1.165) is 11.1 Å². The van der Waals surface area contributed by atoms with Gasteiger partial charge in [-0.1, -0.05) is 44.5 Å². The molecule has 0 saturated carbocycles. The van der Waals surface area contributed by atoms with Crippen molar-refractivity contribution < 1.29 is 9.59 Å². The minimum atomic E-state index is -0.0521. The Kier molecular flexibility index (Phi) is 2.87. The molecule has 2 heteroatoms. The predicted molar refractivity (Wildman–Crippen MR) is 83.2 cm³/mol. The molecule has 0 spiro atoms. The van der Waals surface area contributed by atoms with Crippen molar-refractivity contribution in [1.82, 2.24) is 0 Å². The third-order valence-electron chi connectivity index (χ3n) is 4.04. The highest BCUT2D eigenvalue weighted by atomic mass is 16.1. The van der Waals surface area contributed by atoms with Gasteiger partial charge in [-0.05, 0) is 36.1 Å². The topological polar surface area (TPSA) is 34.1 Å². The quantitative estimate of drug-likeness (QED) is 0.621. The lowest BCUT2D eigenvalue weighted by Crippen LogP contribution is -2.22. The molecule has 0 aliphatic heterocycles. The molecule has 0 radical (unpaired) electrons. The summed E-state index contributed by atoms with van der Waals surface area (Å²) in [5, 5.41) is 0. The molecule has 2 nitrogen and oxygen atoms in total. The fourth-order valence-electron chi connectivity index (χ4n) is 2.73. The van der Waals surface area contributed by atoms with Gasteiger partial charge in [0.2, 0.25) is 0 Å². The van der Waals surface area contributed by atoms with Gasteiger partial charge in [-0.25, -0.2) is 0 Å².